The maximum absolute atomic E-state index is 13.4. The Balaban J connectivity index is 1.78. The zero-order valence-electron chi connectivity index (χ0n) is 21.4. The fourth-order valence-corrected chi connectivity index (χ4v) is 4.58. The van der Waals surface area contributed by atoms with Gasteiger partial charge in [-0.2, -0.15) is 13.2 Å². The number of nitrogens with zero attached hydrogens (tertiary/aromatic N) is 4. The summed E-state index contributed by atoms with van der Waals surface area (Å²) in [7, 11) is 0.999. The van der Waals surface area contributed by atoms with Crippen LogP contribution in [0.5, 0.6) is 5.75 Å². The molecule has 3 aromatic rings. The van der Waals surface area contributed by atoms with Crippen molar-refractivity contribution >= 4 is 34.0 Å². The van der Waals surface area contributed by atoms with E-state index in [-0.39, 0.29) is 54.3 Å². The van der Waals surface area contributed by atoms with Crippen LogP contribution in [0.3, 0.4) is 0 Å². The Labute approximate surface area is 224 Å². The number of imidazole rings is 1. The molecule has 0 saturated heterocycles. The maximum atomic E-state index is 13.4. The van der Waals surface area contributed by atoms with Gasteiger partial charge >= 0.3 is 18.4 Å². The smallest absolute Gasteiger partial charge is 0.484 e. The third-order valence-corrected chi connectivity index (χ3v) is 6.54. The van der Waals surface area contributed by atoms with Gasteiger partial charge in [-0.3, -0.25) is 9.19 Å². The molecular weight excluding hydrogens is 545 g/mol. The van der Waals surface area contributed by atoms with Crippen LogP contribution in [0.15, 0.2) is 41.7 Å². The molecule has 0 aliphatic carbocycles. The second kappa shape index (κ2) is 13.4. The molecule has 0 saturated carbocycles. The van der Waals surface area contributed by atoms with Gasteiger partial charge in [0, 0.05) is 25.9 Å². The first-order chi connectivity index (χ1) is 18.5. The number of carbonyl (C=O) groups is 2. The summed E-state index contributed by atoms with van der Waals surface area (Å²) >= 11 is 0. The van der Waals surface area contributed by atoms with Crippen LogP contribution in [0.1, 0.15) is 11.3 Å². The molecule has 0 radical (unpaired) electrons. The Morgan fingerprint density at radius 2 is 1.82 bits per heavy atom. The number of hydrogen-bond donors (Lipinski definition) is 0. The zero-order valence-corrected chi connectivity index (χ0v) is 22.2. The van der Waals surface area contributed by atoms with Crippen LogP contribution in [0, 0.1) is 6.92 Å². The van der Waals surface area contributed by atoms with Crippen LogP contribution in [0.4, 0.5) is 22.8 Å². The van der Waals surface area contributed by atoms with Crippen LogP contribution >= 0.6 is 0 Å². The number of likely N-dealkylation sites (N-methyl/N-ethyl adjacent to an activating group) is 1. The van der Waals surface area contributed by atoms with E-state index in [0.717, 1.165) is 0 Å². The van der Waals surface area contributed by atoms with E-state index in [1.807, 2.05) is 0 Å². The molecule has 0 unspecified atom stereocenters. The lowest BCUT2D eigenvalue weighted by Crippen LogP contribution is -2.35. The highest BCUT2D eigenvalue weighted by Crippen LogP contribution is 2.26. The predicted octanol–water partition coefficient (Wildman–Crippen LogP) is 3.69. The first kappa shape index (κ1) is 29.8. The summed E-state index contributed by atoms with van der Waals surface area (Å²) in [5.41, 5.74) is 1.32. The molecule has 2 aromatic heterocycles. The van der Waals surface area contributed by atoms with Crippen molar-refractivity contribution in [3.8, 4) is 5.75 Å². The fourth-order valence-electron chi connectivity index (χ4n) is 3.33. The Morgan fingerprint density at radius 1 is 1.10 bits per heavy atom. The van der Waals surface area contributed by atoms with E-state index in [1.54, 1.807) is 24.3 Å². The first-order valence-corrected chi connectivity index (χ1v) is 12.9. The quantitative estimate of drug-likeness (QED) is 0.250. The minimum absolute atomic E-state index is 0.00392. The lowest BCUT2D eigenvalue weighted by atomic mass is 10.2. The molecular formula is C24H27F3N4O7S. The topological polar surface area (TPSA) is 122 Å². The van der Waals surface area contributed by atoms with Crippen LogP contribution < -0.4 is 4.74 Å². The highest BCUT2D eigenvalue weighted by Gasteiger charge is 2.29. The molecule has 212 valence electrons. The fraction of sp³-hybridized carbons (Fsp3) is 0.417. The lowest BCUT2D eigenvalue weighted by Gasteiger charge is -2.19. The van der Waals surface area contributed by atoms with E-state index in [2.05, 4.69) is 9.97 Å². The van der Waals surface area contributed by atoms with Gasteiger partial charge in [0.2, 0.25) is 5.16 Å². The number of carbonyl (C=O) groups excluding carboxylic acids is 2. The van der Waals surface area contributed by atoms with Crippen molar-refractivity contribution in [3.63, 3.8) is 0 Å². The Bertz CT molecular complexity index is 1330. The largest absolute Gasteiger partial charge is 0.508 e. The Morgan fingerprint density at radius 3 is 2.54 bits per heavy atom. The van der Waals surface area contributed by atoms with Crippen LogP contribution in [0.2, 0.25) is 0 Å². The number of rotatable bonds is 11. The molecule has 1 amide bonds. The zero-order chi connectivity index (χ0) is 28.6. The van der Waals surface area contributed by atoms with E-state index in [1.165, 1.54) is 42.8 Å². The molecule has 0 bridgehead atoms. The third kappa shape index (κ3) is 8.13. The number of halogens is 3. The minimum Gasteiger partial charge on any atom is -0.484 e. The average molecular weight is 573 g/mol. The van der Waals surface area contributed by atoms with Gasteiger partial charge < -0.3 is 23.8 Å². The van der Waals surface area contributed by atoms with Gasteiger partial charge in [0.05, 0.1) is 46.4 Å². The van der Waals surface area contributed by atoms with Crippen molar-refractivity contribution in [1.29, 1.82) is 0 Å². The van der Waals surface area contributed by atoms with E-state index in [9.17, 15) is 27.0 Å². The molecule has 0 N–H and O–H groups in total. The van der Waals surface area contributed by atoms with Crippen molar-refractivity contribution < 1.29 is 45.9 Å². The normalized spacial score (nSPS) is 12.3. The minimum atomic E-state index is -4.52. The van der Waals surface area contributed by atoms with Crippen molar-refractivity contribution in [1.82, 2.24) is 19.4 Å². The second-order valence-corrected chi connectivity index (χ2v) is 9.48. The van der Waals surface area contributed by atoms with Gasteiger partial charge in [0.1, 0.15) is 19.0 Å². The first-order valence-electron chi connectivity index (χ1n) is 11.6. The lowest BCUT2D eigenvalue weighted by molar-refractivity contribution is -0.153. The van der Waals surface area contributed by atoms with Crippen LogP contribution in [-0.2, 0) is 30.8 Å². The number of amides is 1. The van der Waals surface area contributed by atoms with Gasteiger partial charge in [-0.25, -0.2) is 19.1 Å². The summed E-state index contributed by atoms with van der Waals surface area (Å²) in [4.78, 5) is 34.7. The molecule has 0 spiro atoms. The van der Waals surface area contributed by atoms with Gasteiger partial charge in [0.15, 0.2) is 6.61 Å². The van der Waals surface area contributed by atoms with Crippen LogP contribution in [0.25, 0.3) is 11.0 Å². The molecule has 0 aliphatic rings. The third-order valence-electron chi connectivity index (χ3n) is 5.32. The van der Waals surface area contributed by atoms with Gasteiger partial charge in [-0.1, -0.05) is 12.1 Å². The van der Waals surface area contributed by atoms with Crippen molar-refractivity contribution in [2.75, 3.05) is 47.1 Å². The summed E-state index contributed by atoms with van der Waals surface area (Å²) < 4.78 is 71.8. The van der Waals surface area contributed by atoms with Crippen molar-refractivity contribution in [2.45, 2.75) is 24.0 Å². The van der Waals surface area contributed by atoms with Crippen molar-refractivity contribution in [3.05, 3.63) is 47.8 Å². The highest BCUT2D eigenvalue weighted by molar-refractivity contribution is 7.84. The Hall–Kier alpha value is -3.72. The highest BCUT2D eigenvalue weighted by atomic mass is 32.2. The van der Waals surface area contributed by atoms with Gasteiger partial charge in [0.25, 0.3) is 0 Å². The Kier molecular flexibility index (Phi) is 10.2. The number of methoxy groups -OCH3 is 1. The molecule has 15 heteroatoms. The van der Waals surface area contributed by atoms with E-state index in [4.69, 9.17) is 18.9 Å². The maximum Gasteiger partial charge on any atom is 0.508 e. The molecule has 0 fully saturated rings. The number of aromatic nitrogens is 3. The summed E-state index contributed by atoms with van der Waals surface area (Å²) in [6.07, 6.45) is -4.18. The molecule has 3 rings (SSSR count). The molecule has 1 aromatic carbocycles. The number of ether oxygens (including phenoxy) is 4. The standard InChI is InChI=1S/C24H27F3N4O7S/c1-16-18(28-9-8-20(16)38-15-24(25,26)27)14-39(34)21-29-17-6-4-5-7-19(17)31(21)22(32)30(2)10-11-36-23(33)37-13-12-35-3/h4-9H,10-15H2,1-3H3/t39-/m1/s1. The molecule has 1 atom stereocenters. The second-order valence-electron chi connectivity index (χ2n) is 8.14. The number of pyridine rings is 1. The molecule has 0 aliphatic heterocycles. The number of hydrogen-bond acceptors (Lipinski definition) is 9. The van der Waals surface area contributed by atoms with E-state index in [0.29, 0.717) is 11.0 Å². The van der Waals surface area contributed by atoms with E-state index < -0.39 is 35.8 Å². The predicted molar refractivity (Wildman–Crippen MR) is 133 cm³/mol. The number of alkyl halides is 3. The molecule has 39 heavy (non-hydrogen) atoms. The summed E-state index contributed by atoms with van der Waals surface area (Å²) in [5, 5.41) is -0.0734. The van der Waals surface area contributed by atoms with Gasteiger partial charge in [-0.05, 0) is 25.1 Å². The van der Waals surface area contributed by atoms with E-state index >= 15 is 0 Å². The van der Waals surface area contributed by atoms with Crippen molar-refractivity contribution in [2.24, 2.45) is 0 Å². The number of fused-ring (bicyclic) bond motifs is 1. The SMILES string of the molecule is COCCOC(=O)OCCN(C)C(=O)n1c([S@](=O)Cc2nccc(OCC(F)(F)F)c2C)nc2ccccc21. The summed E-state index contributed by atoms with van der Waals surface area (Å²) in [5.74, 6) is -0.273. The number of para-hydroxylation sites is 2. The van der Waals surface area contributed by atoms with Gasteiger partial charge in [-0.15, -0.1) is 0 Å². The molecule has 2 heterocycles. The monoisotopic (exact) mass is 572 g/mol. The molecule has 11 nitrogen and oxygen atoms in total. The number of benzene rings is 1. The average Bonchev–Trinajstić information content (AvgIpc) is 3.28. The summed E-state index contributed by atoms with van der Waals surface area (Å²) in [6.45, 7) is 0.0923. The summed E-state index contributed by atoms with van der Waals surface area (Å²) in [6, 6.07) is 7.37. The van der Waals surface area contributed by atoms with Crippen LogP contribution in [-0.4, -0.2) is 89.1 Å².